The number of sulfonamides is 1. The second kappa shape index (κ2) is 7.23. The minimum Gasteiger partial charge on any atom is -0.496 e. The molecular formula is C16H16BrNO5S. The van der Waals surface area contributed by atoms with Crippen LogP contribution in [0.2, 0.25) is 0 Å². The number of halogens is 1. The Balaban J connectivity index is 2.42. The maximum atomic E-state index is 12.8. The van der Waals surface area contributed by atoms with Gasteiger partial charge in [-0.3, -0.25) is 4.31 Å². The number of anilines is 1. The van der Waals surface area contributed by atoms with Gasteiger partial charge in [0.15, 0.2) is 0 Å². The molecule has 0 saturated carbocycles. The predicted molar refractivity (Wildman–Crippen MR) is 94.1 cm³/mol. The maximum Gasteiger partial charge on any atom is 0.337 e. The number of methoxy groups -OCH3 is 2. The summed E-state index contributed by atoms with van der Waals surface area (Å²) in [5.41, 5.74) is 0.623. The highest BCUT2D eigenvalue weighted by molar-refractivity contribution is 9.10. The minimum absolute atomic E-state index is 0.0983. The zero-order valence-electron chi connectivity index (χ0n) is 13.3. The van der Waals surface area contributed by atoms with Gasteiger partial charge < -0.3 is 9.47 Å². The van der Waals surface area contributed by atoms with E-state index in [0.717, 1.165) is 4.31 Å². The van der Waals surface area contributed by atoms with E-state index in [1.54, 1.807) is 24.3 Å². The van der Waals surface area contributed by atoms with E-state index in [-0.39, 0.29) is 10.5 Å². The number of nitrogens with zero attached hydrogens (tertiary/aromatic N) is 1. The van der Waals surface area contributed by atoms with Crippen LogP contribution in [-0.2, 0) is 14.8 Å². The molecule has 24 heavy (non-hydrogen) atoms. The second-order valence-corrected chi connectivity index (χ2v) is 7.63. The lowest BCUT2D eigenvalue weighted by molar-refractivity contribution is 0.0600. The van der Waals surface area contributed by atoms with Crippen molar-refractivity contribution in [3.63, 3.8) is 0 Å². The van der Waals surface area contributed by atoms with Gasteiger partial charge in [0.05, 0.1) is 34.8 Å². The molecule has 0 saturated heterocycles. The van der Waals surface area contributed by atoms with Gasteiger partial charge in [-0.05, 0) is 52.3 Å². The van der Waals surface area contributed by atoms with Crippen LogP contribution in [-0.4, -0.2) is 35.7 Å². The van der Waals surface area contributed by atoms with Gasteiger partial charge in [-0.25, -0.2) is 13.2 Å². The molecule has 2 rings (SSSR count). The van der Waals surface area contributed by atoms with Crippen molar-refractivity contribution < 1.29 is 22.7 Å². The smallest absolute Gasteiger partial charge is 0.337 e. The summed E-state index contributed by atoms with van der Waals surface area (Å²) in [4.78, 5) is 11.7. The van der Waals surface area contributed by atoms with Crippen LogP contribution in [0.4, 0.5) is 5.69 Å². The van der Waals surface area contributed by atoms with Crippen molar-refractivity contribution in [1.29, 1.82) is 0 Å². The largest absolute Gasteiger partial charge is 0.496 e. The summed E-state index contributed by atoms with van der Waals surface area (Å²) in [5, 5.41) is 0. The second-order valence-electron chi connectivity index (χ2n) is 4.81. The molecule has 0 spiro atoms. The van der Waals surface area contributed by atoms with Crippen LogP contribution >= 0.6 is 15.9 Å². The molecule has 0 aromatic heterocycles. The summed E-state index contributed by atoms with van der Waals surface area (Å²) in [5.74, 6) is -0.000804. The van der Waals surface area contributed by atoms with Gasteiger partial charge in [0.25, 0.3) is 10.0 Å². The van der Waals surface area contributed by atoms with Crippen molar-refractivity contribution in [2.75, 3.05) is 25.6 Å². The Bertz CT molecular complexity index is 867. The number of carbonyl (C=O) groups is 1. The van der Waals surface area contributed by atoms with Gasteiger partial charge in [0.2, 0.25) is 0 Å². The fourth-order valence-electron chi connectivity index (χ4n) is 2.05. The molecule has 0 atom stereocenters. The molecule has 0 unspecified atom stereocenters. The van der Waals surface area contributed by atoms with Crippen LogP contribution in [0.25, 0.3) is 0 Å². The third-order valence-corrected chi connectivity index (χ3v) is 5.81. The van der Waals surface area contributed by atoms with Crippen LogP contribution < -0.4 is 9.04 Å². The van der Waals surface area contributed by atoms with Crippen molar-refractivity contribution in [2.45, 2.75) is 4.90 Å². The monoisotopic (exact) mass is 413 g/mol. The first-order valence-electron chi connectivity index (χ1n) is 6.82. The highest BCUT2D eigenvalue weighted by Crippen LogP contribution is 2.30. The molecule has 6 nitrogen and oxygen atoms in total. The summed E-state index contributed by atoms with van der Waals surface area (Å²) >= 11 is 3.28. The third-order valence-electron chi connectivity index (χ3n) is 3.41. The van der Waals surface area contributed by atoms with Crippen molar-refractivity contribution >= 4 is 37.6 Å². The zero-order chi connectivity index (χ0) is 17.9. The molecule has 0 aliphatic rings. The van der Waals surface area contributed by atoms with Crippen molar-refractivity contribution in [3.8, 4) is 5.75 Å². The molecule has 0 bridgehead atoms. The normalized spacial score (nSPS) is 11.0. The van der Waals surface area contributed by atoms with Gasteiger partial charge in [0.1, 0.15) is 5.75 Å². The molecule has 128 valence electrons. The molecule has 0 aliphatic carbocycles. The van der Waals surface area contributed by atoms with Crippen LogP contribution in [0.5, 0.6) is 5.75 Å². The number of esters is 1. The average molecular weight is 414 g/mol. The molecule has 8 heteroatoms. The first-order valence-corrected chi connectivity index (χ1v) is 9.05. The van der Waals surface area contributed by atoms with E-state index in [2.05, 4.69) is 20.7 Å². The molecular weight excluding hydrogens is 398 g/mol. The maximum absolute atomic E-state index is 12.8. The summed E-state index contributed by atoms with van der Waals surface area (Å²) in [6, 6.07) is 10.7. The third kappa shape index (κ3) is 3.54. The van der Waals surface area contributed by atoms with Gasteiger partial charge >= 0.3 is 5.97 Å². The van der Waals surface area contributed by atoms with E-state index in [1.807, 2.05) is 0 Å². The van der Waals surface area contributed by atoms with E-state index in [1.165, 1.54) is 39.5 Å². The zero-order valence-corrected chi connectivity index (χ0v) is 15.7. The van der Waals surface area contributed by atoms with Crippen LogP contribution in [0, 0.1) is 0 Å². The fraction of sp³-hybridized carbons (Fsp3) is 0.188. The Morgan fingerprint density at radius 3 is 2.42 bits per heavy atom. The van der Waals surface area contributed by atoms with Gasteiger partial charge in [-0.1, -0.05) is 6.07 Å². The molecule has 0 amide bonds. The lowest BCUT2D eigenvalue weighted by Crippen LogP contribution is -2.26. The topological polar surface area (TPSA) is 72.9 Å². The Hall–Kier alpha value is -2.06. The fourth-order valence-corrected chi connectivity index (χ4v) is 3.96. The molecule has 2 aromatic carbocycles. The van der Waals surface area contributed by atoms with Gasteiger partial charge in [0, 0.05) is 7.05 Å². The SMILES string of the molecule is COC(=O)c1cccc(N(C)S(=O)(=O)c2ccc(OC)c(Br)c2)c1. The van der Waals surface area contributed by atoms with Gasteiger partial charge in [-0.15, -0.1) is 0 Å². The average Bonchev–Trinajstić information content (AvgIpc) is 2.60. The van der Waals surface area contributed by atoms with Crippen LogP contribution in [0.3, 0.4) is 0 Å². The van der Waals surface area contributed by atoms with E-state index in [9.17, 15) is 13.2 Å². The Morgan fingerprint density at radius 1 is 1.12 bits per heavy atom. The lowest BCUT2D eigenvalue weighted by Gasteiger charge is -2.20. The molecule has 2 aromatic rings. The number of ether oxygens (including phenoxy) is 2. The number of benzene rings is 2. The van der Waals surface area contributed by atoms with E-state index in [4.69, 9.17) is 4.74 Å². The van der Waals surface area contributed by atoms with Crippen molar-refractivity contribution in [3.05, 3.63) is 52.5 Å². The Kier molecular flexibility index (Phi) is 5.51. The number of hydrogen-bond donors (Lipinski definition) is 0. The van der Waals surface area contributed by atoms with Crippen molar-refractivity contribution in [1.82, 2.24) is 0 Å². The van der Waals surface area contributed by atoms with Gasteiger partial charge in [-0.2, -0.15) is 0 Å². The number of rotatable bonds is 5. The first kappa shape index (κ1) is 18.3. The quantitative estimate of drug-likeness (QED) is 0.704. The number of hydrogen-bond acceptors (Lipinski definition) is 5. The van der Waals surface area contributed by atoms with Crippen molar-refractivity contribution in [2.24, 2.45) is 0 Å². The summed E-state index contributed by atoms with van der Waals surface area (Å²) in [7, 11) is 0.394. The van der Waals surface area contributed by atoms with E-state index in [0.29, 0.717) is 15.9 Å². The van der Waals surface area contributed by atoms with Crippen LogP contribution in [0.15, 0.2) is 51.8 Å². The van der Waals surface area contributed by atoms with E-state index < -0.39 is 16.0 Å². The highest BCUT2D eigenvalue weighted by Gasteiger charge is 2.23. The minimum atomic E-state index is -3.79. The summed E-state index contributed by atoms with van der Waals surface area (Å²) < 4.78 is 37.0. The summed E-state index contributed by atoms with van der Waals surface area (Å²) in [6.45, 7) is 0. The van der Waals surface area contributed by atoms with Crippen LogP contribution in [0.1, 0.15) is 10.4 Å². The molecule has 0 heterocycles. The lowest BCUT2D eigenvalue weighted by atomic mass is 10.2. The highest BCUT2D eigenvalue weighted by atomic mass is 79.9. The standard InChI is InChI=1S/C16H16BrNO5S/c1-18(12-6-4-5-11(9-12)16(19)23-3)24(20,21)13-7-8-15(22-2)14(17)10-13/h4-10H,1-3H3. The molecule has 0 N–H and O–H groups in total. The summed E-state index contributed by atoms with van der Waals surface area (Å²) in [6.07, 6.45) is 0. The Labute approximate surface area is 149 Å². The predicted octanol–water partition coefficient (Wildman–Crippen LogP) is 3.07. The molecule has 0 aliphatic heterocycles. The molecule has 0 fully saturated rings. The number of carbonyl (C=O) groups excluding carboxylic acids is 1. The first-order chi connectivity index (χ1) is 11.3. The Morgan fingerprint density at radius 2 is 1.83 bits per heavy atom. The van der Waals surface area contributed by atoms with E-state index >= 15 is 0 Å². The molecule has 0 radical (unpaired) electrons.